The fourth-order valence-electron chi connectivity index (χ4n) is 1.91. The molecule has 0 saturated carbocycles. The molecule has 6 nitrogen and oxygen atoms in total. The highest BCUT2D eigenvalue weighted by Crippen LogP contribution is 2.08. The van der Waals surface area contributed by atoms with Crippen LogP contribution in [0.3, 0.4) is 0 Å². The zero-order chi connectivity index (χ0) is 13.9. The van der Waals surface area contributed by atoms with Crippen LogP contribution in [0.2, 0.25) is 0 Å². The summed E-state index contributed by atoms with van der Waals surface area (Å²) in [6, 6.07) is 11.1. The van der Waals surface area contributed by atoms with Crippen LogP contribution >= 0.6 is 0 Å². The maximum atomic E-state index is 9.25. The first kappa shape index (κ1) is 12.0. The molecule has 0 bridgehead atoms. The van der Waals surface area contributed by atoms with Gasteiger partial charge in [-0.25, -0.2) is 4.98 Å². The third-order valence-corrected chi connectivity index (χ3v) is 2.87. The largest absolute Gasteiger partial charge is 0.467 e. The lowest BCUT2D eigenvalue weighted by atomic mass is 10.3. The number of aromatic nitrogens is 2. The first-order valence-electron chi connectivity index (χ1n) is 5.99. The van der Waals surface area contributed by atoms with Gasteiger partial charge >= 0.3 is 0 Å². The lowest BCUT2D eigenvalue weighted by Crippen LogP contribution is -2.19. The summed E-state index contributed by atoms with van der Waals surface area (Å²) in [5, 5.41) is 9.25. The monoisotopic (exact) mass is 265 g/mol. The van der Waals surface area contributed by atoms with Gasteiger partial charge in [0.25, 0.3) is 0 Å². The van der Waals surface area contributed by atoms with Gasteiger partial charge < -0.3 is 10.2 Å². The third-order valence-electron chi connectivity index (χ3n) is 2.87. The molecular weight excluding hydrogens is 254 g/mol. The maximum Gasteiger partial charge on any atom is 0.171 e. The summed E-state index contributed by atoms with van der Waals surface area (Å²) < 4.78 is 6.86. The number of pyridine rings is 1. The van der Waals surface area contributed by atoms with Crippen molar-refractivity contribution in [3.8, 4) is 6.07 Å². The molecule has 3 heterocycles. The molecule has 0 spiro atoms. The zero-order valence-corrected chi connectivity index (χ0v) is 10.5. The van der Waals surface area contributed by atoms with Gasteiger partial charge in [0.15, 0.2) is 5.49 Å². The first-order valence-corrected chi connectivity index (χ1v) is 5.99. The lowest BCUT2D eigenvalue weighted by molar-refractivity contribution is 0.510. The summed E-state index contributed by atoms with van der Waals surface area (Å²) in [5.41, 5.74) is 7.23. The summed E-state index contributed by atoms with van der Waals surface area (Å²) >= 11 is 0. The molecule has 0 aliphatic heterocycles. The molecule has 20 heavy (non-hydrogen) atoms. The Morgan fingerprint density at radius 1 is 1.35 bits per heavy atom. The highest BCUT2D eigenvalue weighted by molar-refractivity contribution is 5.54. The molecule has 2 N–H and O–H groups in total. The van der Waals surface area contributed by atoms with E-state index in [-0.39, 0.29) is 5.56 Å². The molecule has 0 atom stereocenters. The summed E-state index contributed by atoms with van der Waals surface area (Å²) in [4.78, 5) is 8.67. The van der Waals surface area contributed by atoms with Gasteiger partial charge in [-0.05, 0) is 24.3 Å². The van der Waals surface area contributed by atoms with Crippen molar-refractivity contribution in [2.45, 2.75) is 6.54 Å². The number of nitrogen functional groups attached to an aromatic ring is 1. The average Bonchev–Trinajstić information content (AvgIpc) is 2.99. The quantitative estimate of drug-likeness (QED) is 0.759. The summed E-state index contributed by atoms with van der Waals surface area (Å²) in [6.07, 6.45) is 3.34. The van der Waals surface area contributed by atoms with Crippen molar-refractivity contribution < 1.29 is 4.42 Å². The Labute approximate surface area is 114 Å². The number of rotatable bonds is 2. The molecule has 3 aromatic rings. The molecule has 3 rings (SSSR count). The molecule has 0 radical (unpaired) electrons. The van der Waals surface area contributed by atoms with E-state index in [1.165, 1.54) is 0 Å². The minimum Gasteiger partial charge on any atom is -0.467 e. The van der Waals surface area contributed by atoms with Crippen molar-refractivity contribution in [3.05, 3.63) is 59.6 Å². The van der Waals surface area contributed by atoms with Gasteiger partial charge in [-0.15, -0.1) is 0 Å². The fraction of sp³-hybridized carbons (Fsp3) is 0.0714. The summed E-state index contributed by atoms with van der Waals surface area (Å²) in [7, 11) is 0. The minimum absolute atomic E-state index is 0.264. The Kier molecular flexibility index (Phi) is 2.94. The Hall–Kier alpha value is -3.07. The van der Waals surface area contributed by atoms with Gasteiger partial charge in [-0.3, -0.25) is 9.39 Å². The Morgan fingerprint density at radius 2 is 2.25 bits per heavy atom. The minimum atomic E-state index is 0.264. The Bertz CT molecular complexity index is 855. The van der Waals surface area contributed by atoms with Gasteiger partial charge in [0.2, 0.25) is 0 Å². The van der Waals surface area contributed by atoms with Crippen LogP contribution < -0.4 is 11.2 Å². The van der Waals surface area contributed by atoms with Gasteiger partial charge in [0.05, 0.1) is 12.8 Å². The van der Waals surface area contributed by atoms with E-state index in [9.17, 15) is 5.26 Å². The molecule has 0 aliphatic rings. The molecule has 0 fully saturated rings. The standard InChI is InChI=1S/C14H11N5O/c15-8-11-13(16)19-6-2-1-5-12(19)18-14(11)17-9-10-4-3-7-20-10/h1-7H,9,16H2. The van der Waals surface area contributed by atoms with Gasteiger partial charge in [-0.2, -0.15) is 5.26 Å². The number of anilines is 1. The number of hydrogen-bond acceptors (Lipinski definition) is 5. The second kappa shape index (κ2) is 4.90. The van der Waals surface area contributed by atoms with Crippen LogP contribution in [0, 0.1) is 11.3 Å². The van der Waals surface area contributed by atoms with Crippen molar-refractivity contribution in [1.29, 1.82) is 5.26 Å². The van der Waals surface area contributed by atoms with Gasteiger partial charge in [-0.1, -0.05) is 6.07 Å². The van der Waals surface area contributed by atoms with Crippen LogP contribution in [0.5, 0.6) is 0 Å². The maximum absolute atomic E-state index is 9.25. The molecular formula is C14H11N5O. The van der Waals surface area contributed by atoms with Crippen molar-refractivity contribution in [3.63, 3.8) is 0 Å². The topological polar surface area (TPSA) is 92.6 Å². The molecule has 0 amide bonds. The summed E-state index contributed by atoms with van der Waals surface area (Å²) in [6.45, 7) is 0.317. The van der Waals surface area contributed by atoms with Crippen molar-refractivity contribution >= 4 is 11.5 Å². The normalized spacial score (nSPS) is 11.7. The van der Waals surface area contributed by atoms with Crippen molar-refractivity contribution in [1.82, 2.24) is 9.38 Å². The highest BCUT2D eigenvalue weighted by atomic mass is 16.3. The van der Waals surface area contributed by atoms with Crippen LogP contribution in [-0.4, -0.2) is 9.38 Å². The van der Waals surface area contributed by atoms with Crippen molar-refractivity contribution in [2.24, 2.45) is 4.99 Å². The molecule has 98 valence electrons. The van der Waals surface area contributed by atoms with Gasteiger partial charge in [0.1, 0.15) is 28.9 Å². The van der Waals surface area contributed by atoms with E-state index < -0.39 is 0 Å². The molecule has 0 unspecified atom stereocenters. The fourth-order valence-corrected chi connectivity index (χ4v) is 1.91. The van der Waals surface area contributed by atoms with E-state index >= 15 is 0 Å². The predicted octanol–water partition coefficient (Wildman–Crippen LogP) is 1.48. The molecule has 0 aliphatic carbocycles. The number of nitriles is 1. The Balaban J connectivity index is 2.19. The number of hydrogen-bond donors (Lipinski definition) is 1. The average molecular weight is 265 g/mol. The molecule has 0 aromatic carbocycles. The molecule has 0 saturated heterocycles. The summed E-state index contributed by atoms with van der Waals surface area (Å²) in [5.74, 6) is 1.03. The number of fused-ring (bicyclic) bond motifs is 1. The van der Waals surface area contributed by atoms with E-state index in [4.69, 9.17) is 10.2 Å². The second-order valence-electron chi connectivity index (χ2n) is 4.13. The van der Waals surface area contributed by atoms with Crippen LogP contribution in [-0.2, 0) is 6.54 Å². The highest BCUT2D eigenvalue weighted by Gasteiger charge is 2.07. The molecule has 3 aromatic heterocycles. The zero-order valence-electron chi connectivity index (χ0n) is 10.5. The van der Waals surface area contributed by atoms with Crippen LogP contribution in [0.4, 0.5) is 5.82 Å². The smallest absolute Gasteiger partial charge is 0.171 e. The number of nitrogens with two attached hydrogens (primary N) is 1. The van der Waals surface area contributed by atoms with Crippen LogP contribution in [0.25, 0.3) is 5.65 Å². The SMILES string of the molecule is N#Cc1c(N)n2ccccc2nc1=NCc1ccco1. The number of furan rings is 1. The van der Waals surface area contributed by atoms with E-state index in [1.54, 1.807) is 22.9 Å². The second-order valence-corrected chi connectivity index (χ2v) is 4.13. The first-order chi connectivity index (χ1) is 9.79. The number of nitrogens with zero attached hydrogens (tertiary/aromatic N) is 4. The van der Waals surface area contributed by atoms with Crippen LogP contribution in [0.1, 0.15) is 11.3 Å². The molecule has 6 heteroatoms. The van der Waals surface area contributed by atoms with E-state index in [0.29, 0.717) is 29.3 Å². The van der Waals surface area contributed by atoms with Crippen molar-refractivity contribution in [2.75, 3.05) is 5.73 Å². The van der Waals surface area contributed by atoms with E-state index in [1.807, 2.05) is 24.3 Å². The van der Waals surface area contributed by atoms with Crippen LogP contribution in [0.15, 0.2) is 52.2 Å². The van der Waals surface area contributed by atoms with E-state index in [2.05, 4.69) is 16.0 Å². The van der Waals surface area contributed by atoms with Gasteiger partial charge in [0, 0.05) is 6.20 Å². The predicted molar refractivity (Wildman–Crippen MR) is 72.3 cm³/mol. The third kappa shape index (κ3) is 2.01. The Morgan fingerprint density at radius 3 is 3.00 bits per heavy atom. The lowest BCUT2D eigenvalue weighted by Gasteiger charge is -2.06. The van der Waals surface area contributed by atoms with E-state index in [0.717, 1.165) is 0 Å².